The number of benzene rings is 1. The summed E-state index contributed by atoms with van der Waals surface area (Å²) < 4.78 is 6.94. The summed E-state index contributed by atoms with van der Waals surface area (Å²) in [6.45, 7) is 5.46. The van der Waals surface area contributed by atoms with E-state index in [4.69, 9.17) is 4.74 Å². The molecule has 0 radical (unpaired) electrons. The number of carbonyl (C=O) groups excluding carboxylic acids is 2. The van der Waals surface area contributed by atoms with Crippen molar-refractivity contribution in [2.75, 3.05) is 0 Å². The number of ketones is 1. The van der Waals surface area contributed by atoms with Gasteiger partial charge >= 0.3 is 6.09 Å². The Labute approximate surface area is 142 Å². The summed E-state index contributed by atoms with van der Waals surface area (Å²) in [7, 11) is 0. The van der Waals surface area contributed by atoms with E-state index in [1.165, 1.54) is 4.57 Å². The molecule has 1 aliphatic rings. The van der Waals surface area contributed by atoms with Crippen LogP contribution in [-0.2, 0) is 4.74 Å². The lowest BCUT2D eigenvalue weighted by Crippen LogP contribution is -2.29. The topological polar surface area (TPSA) is 48.3 Å². The van der Waals surface area contributed by atoms with E-state index in [1.54, 1.807) is 6.07 Å². The maximum Gasteiger partial charge on any atom is 0.419 e. The highest BCUT2D eigenvalue weighted by molar-refractivity contribution is 6.12. The molecular weight excluding hydrogens is 302 g/mol. The van der Waals surface area contributed by atoms with Crippen molar-refractivity contribution in [3.05, 3.63) is 47.7 Å². The van der Waals surface area contributed by atoms with Crippen LogP contribution in [0.3, 0.4) is 0 Å². The van der Waals surface area contributed by atoms with E-state index < -0.39 is 11.7 Å². The number of hydrogen-bond acceptors (Lipinski definition) is 3. The Morgan fingerprint density at radius 2 is 1.88 bits per heavy atom. The molecule has 0 amide bonds. The van der Waals surface area contributed by atoms with Gasteiger partial charge in [0.1, 0.15) is 11.3 Å². The van der Waals surface area contributed by atoms with Gasteiger partial charge in [0.05, 0.1) is 5.52 Å². The largest absolute Gasteiger partial charge is 0.443 e. The van der Waals surface area contributed by atoms with Crippen molar-refractivity contribution in [1.29, 1.82) is 0 Å². The van der Waals surface area contributed by atoms with Gasteiger partial charge in [0.15, 0.2) is 0 Å². The monoisotopic (exact) mass is 325 g/mol. The Hall–Kier alpha value is -2.36. The molecule has 126 valence electrons. The lowest BCUT2D eigenvalue weighted by atomic mass is 9.95. The third kappa shape index (κ3) is 3.28. The minimum absolute atomic E-state index is 0.0724. The zero-order valence-electron chi connectivity index (χ0n) is 14.5. The van der Waals surface area contributed by atoms with Crippen LogP contribution in [0.4, 0.5) is 4.79 Å². The number of rotatable bonds is 2. The summed E-state index contributed by atoms with van der Waals surface area (Å²) >= 11 is 0. The fourth-order valence-electron chi connectivity index (χ4n) is 3.04. The number of aromatic nitrogens is 1. The Balaban J connectivity index is 2.10. The van der Waals surface area contributed by atoms with E-state index >= 15 is 0 Å². The van der Waals surface area contributed by atoms with Crippen LogP contribution in [0.15, 0.2) is 42.0 Å². The van der Waals surface area contributed by atoms with Crippen LogP contribution < -0.4 is 0 Å². The molecule has 1 aromatic carbocycles. The number of para-hydroxylation sites is 1. The van der Waals surface area contributed by atoms with E-state index in [0.717, 1.165) is 36.6 Å². The molecule has 0 aliphatic heterocycles. The number of fused-ring (bicyclic) bond motifs is 1. The normalized spacial score (nSPS) is 15.2. The molecule has 0 N–H and O–H groups in total. The van der Waals surface area contributed by atoms with E-state index in [0.29, 0.717) is 11.2 Å². The van der Waals surface area contributed by atoms with Gasteiger partial charge in [-0.05, 0) is 64.2 Å². The second-order valence-electron chi connectivity index (χ2n) is 7.21. The van der Waals surface area contributed by atoms with Gasteiger partial charge in [-0.3, -0.25) is 4.79 Å². The van der Waals surface area contributed by atoms with Crippen molar-refractivity contribution in [3.63, 3.8) is 0 Å². The highest BCUT2D eigenvalue weighted by Gasteiger charge is 2.26. The number of nitrogens with zero attached hydrogens (tertiary/aromatic N) is 1. The minimum Gasteiger partial charge on any atom is -0.443 e. The molecule has 0 saturated carbocycles. The smallest absolute Gasteiger partial charge is 0.419 e. The zero-order chi connectivity index (χ0) is 17.3. The molecule has 0 saturated heterocycles. The van der Waals surface area contributed by atoms with E-state index in [2.05, 4.69) is 0 Å². The summed E-state index contributed by atoms with van der Waals surface area (Å²) in [5, 5.41) is 0.864. The number of ether oxygens (including phenoxy) is 1. The Morgan fingerprint density at radius 1 is 1.12 bits per heavy atom. The first kappa shape index (κ1) is 16.5. The van der Waals surface area contributed by atoms with Crippen LogP contribution >= 0.6 is 0 Å². The molecule has 1 aromatic heterocycles. The first-order valence-corrected chi connectivity index (χ1v) is 8.44. The molecular formula is C20H23NO3. The molecule has 0 unspecified atom stereocenters. The predicted octanol–water partition coefficient (Wildman–Crippen LogP) is 5.11. The molecule has 0 bridgehead atoms. The third-order valence-corrected chi connectivity index (χ3v) is 4.10. The van der Waals surface area contributed by atoms with Gasteiger partial charge in [0, 0.05) is 5.39 Å². The van der Waals surface area contributed by atoms with Gasteiger partial charge < -0.3 is 4.74 Å². The fraction of sp³-hybridized carbons (Fsp3) is 0.400. The lowest BCUT2D eigenvalue weighted by molar-refractivity contribution is 0.0536. The highest BCUT2D eigenvalue weighted by Crippen LogP contribution is 2.27. The molecule has 4 nitrogen and oxygen atoms in total. The maximum atomic E-state index is 13.0. The fourth-order valence-corrected chi connectivity index (χ4v) is 3.04. The number of hydrogen-bond donors (Lipinski definition) is 0. The first-order chi connectivity index (χ1) is 11.4. The Morgan fingerprint density at radius 3 is 2.54 bits per heavy atom. The molecule has 0 spiro atoms. The van der Waals surface area contributed by atoms with Crippen LogP contribution in [0.5, 0.6) is 0 Å². The second kappa shape index (κ2) is 6.27. The molecule has 24 heavy (non-hydrogen) atoms. The molecule has 1 heterocycles. The quantitative estimate of drug-likeness (QED) is 0.721. The van der Waals surface area contributed by atoms with E-state index in [1.807, 2.05) is 51.1 Å². The van der Waals surface area contributed by atoms with Crippen LogP contribution in [0, 0.1) is 0 Å². The Bertz CT molecular complexity index is 821. The van der Waals surface area contributed by atoms with Crippen LogP contribution in [-0.4, -0.2) is 22.0 Å². The summed E-state index contributed by atoms with van der Waals surface area (Å²) in [5.74, 6) is -0.0724. The summed E-state index contributed by atoms with van der Waals surface area (Å²) in [5.41, 5.74) is 1.27. The minimum atomic E-state index is -0.618. The van der Waals surface area contributed by atoms with Crippen molar-refractivity contribution >= 4 is 22.8 Å². The van der Waals surface area contributed by atoms with E-state index in [9.17, 15) is 9.59 Å². The number of carbonyl (C=O) groups is 2. The second-order valence-corrected chi connectivity index (χ2v) is 7.21. The van der Waals surface area contributed by atoms with Crippen molar-refractivity contribution in [1.82, 2.24) is 4.57 Å². The van der Waals surface area contributed by atoms with Crippen LogP contribution in [0.1, 0.15) is 56.9 Å². The predicted molar refractivity (Wildman–Crippen MR) is 94.5 cm³/mol. The van der Waals surface area contributed by atoms with Gasteiger partial charge in [-0.15, -0.1) is 0 Å². The SMILES string of the molecule is CC(C)(C)OC(=O)n1c(C(=O)C2=CCCCC2)cc2ccccc21. The molecule has 0 atom stereocenters. The molecule has 1 aliphatic carbocycles. The van der Waals surface area contributed by atoms with Gasteiger partial charge in [-0.25, -0.2) is 9.36 Å². The highest BCUT2D eigenvalue weighted by atomic mass is 16.6. The number of Topliss-reactive ketones (excluding diaryl/α,β-unsaturated/α-hetero) is 1. The van der Waals surface area contributed by atoms with Crippen molar-refractivity contribution < 1.29 is 14.3 Å². The summed E-state index contributed by atoms with van der Waals surface area (Å²) in [6.07, 6.45) is 5.32. The number of allylic oxidation sites excluding steroid dienone is 2. The molecule has 2 aromatic rings. The average molecular weight is 325 g/mol. The molecule has 0 fully saturated rings. The van der Waals surface area contributed by atoms with Gasteiger partial charge in [-0.2, -0.15) is 0 Å². The zero-order valence-corrected chi connectivity index (χ0v) is 14.5. The Kier molecular flexibility index (Phi) is 4.31. The standard InChI is InChI=1S/C20H23NO3/c1-20(2,3)24-19(23)21-16-12-8-7-11-15(16)13-17(21)18(22)14-9-5-4-6-10-14/h7-9,11-13H,4-6,10H2,1-3H3. The van der Waals surface area contributed by atoms with Crippen LogP contribution in [0.2, 0.25) is 0 Å². The lowest BCUT2D eigenvalue weighted by Gasteiger charge is -2.21. The third-order valence-electron chi connectivity index (χ3n) is 4.10. The maximum absolute atomic E-state index is 13.0. The van der Waals surface area contributed by atoms with Crippen molar-refractivity contribution in [2.45, 2.75) is 52.1 Å². The average Bonchev–Trinajstić information content (AvgIpc) is 2.93. The van der Waals surface area contributed by atoms with Crippen molar-refractivity contribution in [2.24, 2.45) is 0 Å². The molecule has 3 rings (SSSR count). The van der Waals surface area contributed by atoms with Gasteiger partial charge in [0.25, 0.3) is 0 Å². The summed E-state index contributed by atoms with van der Waals surface area (Å²) in [6, 6.07) is 9.29. The van der Waals surface area contributed by atoms with Crippen LogP contribution in [0.25, 0.3) is 10.9 Å². The molecule has 4 heteroatoms. The van der Waals surface area contributed by atoms with Crippen molar-refractivity contribution in [3.8, 4) is 0 Å². The summed E-state index contributed by atoms with van der Waals surface area (Å²) in [4.78, 5) is 25.7. The van der Waals surface area contributed by atoms with Gasteiger partial charge in [0.2, 0.25) is 5.78 Å². The van der Waals surface area contributed by atoms with E-state index in [-0.39, 0.29) is 5.78 Å². The van der Waals surface area contributed by atoms with Gasteiger partial charge in [-0.1, -0.05) is 24.3 Å². The first-order valence-electron chi connectivity index (χ1n) is 8.44.